The molecule has 62 valence electrons. The minimum atomic E-state index is 0.974. The topological polar surface area (TPSA) is 0 Å². The van der Waals surface area contributed by atoms with E-state index >= 15 is 0 Å². The maximum Gasteiger partial charge on any atom is -0.0199 e. The van der Waals surface area contributed by atoms with Crippen LogP contribution >= 0.6 is 0 Å². The van der Waals surface area contributed by atoms with Crippen LogP contribution in [0.25, 0.3) is 0 Å². The van der Waals surface area contributed by atoms with Gasteiger partial charge in [0.25, 0.3) is 0 Å². The Morgan fingerprint density at radius 2 is 2.18 bits per heavy atom. The Labute approximate surface area is 69.7 Å². The monoisotopic (exact) mass is 150 g/mol. The summed E-state index contributed by atoms with van der Waals surface area (Å²) in [4.78, 5) is 0. The Morgan fingerprint density at radius 3 is 2.73 bits per heavy atom. The number of rotatable bonds is 3. The lowest BCUT2D eigenvalue weighted by molar-refractivity contribution is 0.402. The van der Waals surface area contributed by atoms with Crippen molar-refractivity contribution in [2.24, 2.45) is 17.8 Å². The fourth-order valence-corrected chi connectivity index (χ4v) is 2.69. The van der Waals surface area contributed by atoms with Gasteiger partial charge in [-0.15, -0.1) is 0 Å². The molecule has 0 heteroatoms. The van der Waals surface area contributed by atoms with Crippen LogP contribution in [0, 0.1) is 17.8 Å². The van der Waals surface area contributed by atoms with Crippen LogP contribution < -0.4 is 0 Å². The maximum absolute atomic E-state index is 2.47. The lowest BCUT2D eigenvalue weighted by Crippen LogP contribution is -2.06. The first-order valence-electron chi connectivity index (χ1n) is 5.08. The van der Waals surface area contributed by atoms with E-state index in [4.69, 9.17) is 0 Å². The van der Waals surface area contributed by atoms with Crippen LogP contribution in [0.5, 0.6) is 0 Å². The van der Waals surface area contributed by atoms with Gasteiger partial charge in [-0.25, -0.2) is 0 Å². The highest BCUT2D eigenvalue weighted by Gasteiger charge is 2.34. The van der Waals surface area contributed by atoms with Crippen LogP contribution in [-0.2, 0) is 0 Å². The molecule has 1 saturated carbocycles. The van der Waals surface area contributed by atoms with Crippen molar-refractivity contribution < 1.29 is 0 Å². The third-order valence-electron chi connectivity index (χ3n) is 3.34. The van der Waals surface area contributed by atoms with Gasteiger partial charge >= 0.3 is 0 Å². The second kappa shape index (κ2) is 3.00. The summed E-state index contributed by atoms with van der Waals surface area (Å²) in [7, 11) is 0. The highest BCUT2D eigenvalue weighted by Crippen LogP contribution is 2.45. The van der Waals surface area contributed by atoms with E-state index in [1.165, 1.54) is 32.1 Å². The lowest BCUT2D eigenvalue weighted by Gasteiger charge is -2.16. The summed E-state index contributed by atoms with van der Waals surface area (Å²) in [6, 6.07) is 0. The standard InChI is InChI=1S/C11H18/c1-2-3-4-10-7-9-5-6-11(10)8-9/h5-6,9-11H,2-4,7-8H2,1H3/t9-,10?,11-/m1/s1. The quantitative estimate of drug-likeness (QED) is 0.541. The third-order valence-corrected chi connectivity index (χ3v) is 3.34. The highest BCUT2D eigenvalue weighted by molar-refractivity contribution is 5.09. The molecule has 0 aliphatic heterocycles. The molecule has 1 fully saturated rings. The van der Waals surface area contributed by atoms with Gasteiger partial charge in [0.2, 0.25) is 0 Å². The summed E-state index contributed by atoms with van der Waals surface area (Å²) < 4.78 is 0. The Kier molecular flexibility index (Phi) is 2.02. The molecular weight excluding hydrogens is 132 g/mol. The van der Waals surface area contributed by atoms with E-state index < -0.39 is 0 Å². The van der Waals surface area contributed by atoms with Gasteiger partial charge in [0.05, 0.1) is 0 Å². The van der Waals surface area contributed by atoms with Crippen LogP contribution in [0.2, 0.25) is 0 Å². The summed E-state index contributed by atoms with van der Waals surface area (Å²) in [5.41, 5.74) is 0. The van der Waals surface area contributed by atoms with E-state index in [0.29, 0.717) is 0 Å². The van der Waals surface area contributed by atoms with E-state index in [1.807, 2.05) is 0 Å². The van der Waals surface area contributed by atoms with Crippen molar-refractivity contribution in [2.45, 2.75) is 39.0 Å². The molecule has 2 rings (SSSR count). The van der Waals surface area contributed by atoms with Crippen molar-refractivity contribution >= 4 is 0 Å². The Bertz CT molecular complexity index is 157. The van der Waals surface area contributed by atoms with E-state index in [9.17, 15) is 0 Å². The van der Waals surface area contributed by atoms with Gasteiger partial charge in [-0.05, 0) is 37.0 Å². The zero-order valence-corrected chi connectivity index (χ0v) is 7.42. The van der Waals surface area contributed by atoms with Crippen molar-refractivity contribution in [2.75, 3.05) is 0 Å². The van der Waals surface area contributed by atoms with Crippen molar-refractivity contribution in [1.82, 2.24) is 0 Å². The van der Waals surface area contributed by atoms with Gasteiger partial charge in [-0.2, -0.15) is 0 Å². The average Bonchev–Trinajstić information content (AvgIpc) is 2.60. The predicted molar refractivity (Wildman–Crippen MR) is 48.4 cm³/mol. The van der Waals surface area contributed by atoms with Gasteiger partial charge in [0.15, 0.2) is 0 Å². The zero-order chi connectivity index (χ0) is 7.68. The van der Waals surface area contributed by atoms with Crippen LogP contribution in [0.1, 0.15) is 39.0 Å². The Hall–Kier alpha value is -0.260. The molecule has 2 aliphatic rings. The van der Waals surface area contributed by atoms with Crippen LogP contribution in [0.4, 0.5) is 0 Å². The third kappa shape index (κ3) is 1.36. The van der Waals surface area contributed by atoms with Crippen molar-refractivity contribution in [1.29, 1.82) is 0 Å². The Balaban J connectivity index is 1.84. The fourth-order valence-electron chi connectivity index (χ4n) is 2.69. The first kappa shape index (κ1) is 7.39. The van der Waals surface area contributed by atoms with E-state index in [1.54, 1.807) is 0 Å². The van der Waals surface area contributed by atoms with E-state index in [0.717, 1.165) is 17.8 Å². The molecule has 2 aliphatic carbocycles. The van der Waals surface area contributed by atoms with Crippen LogP contribution in [0.3, 0.4) is 0 Å². The normalized spacial score (nSPS) is 40.3. The van der Waals surface area contributed by atoms with Crippen LogP contribution in [-0.4, -0.2) is 0 Å². The number of hydrogen-bond acceptors (Lipinski definition) is 0. The first-order chi connectivity index (χ1) is 5.40. The minimum absolute atomic E-state index is 0.974. The van der Waals surface area contributed by atoms with Gasteiger partial charge in [-0.1, -0.05) is 31.9 Å². The zero-order valence-electron chi connectivity index (χ0n) is 7.42. The molecule has 0 aromatic heterocycles. The molecule has 11 heavy (non-hydrogen) atoms. The first-order valence-corrected chi connectivity index (χ1v) is 5.08. The van der Waals surface area contributed by atoms with Crippen molar-refractivity contribution in [3.05, 3.63) is 12.2 Å². The maximum atomic E-state index is 2.47. The number of allylic oxidation sites excluding steroid dienone is 2. The molecule has 0 amide bonds. The molecule has 0 saturated heterocycles. The van der Waals surface area contributed by atoms with Crippen molar-refractivity contribution in [3.8, 4) is 0 Å². The van der Waals surface area contributed by atoms with Gasteiger partial charge in [0, 0.05) is 0 Å². The Morgan fingerprint density at radius 1 is 1.27 bits per heavy atom. The molecule has 2 bridgehead atoms. The number of unbranched alkanes of at least 4 members (excludes halogenated alkanes) is 1. The van der Waals surface area contributed by atoms with Gasteiger partial charge in [0.1, 0.15) is 0 Å². The summed E-state index contributed by atoms with van der Waals surface area (Å²) >= 11 is 0. The van der Waals surface area contributed by atoms with E-state index in [-0.39, 0.29) is 0 Å². The molecule has 1 unspecified atom stereocenters. The highest BCUT2D eigenvalue weighted by atomic mass is 14.4. The molecule has 0 aromatic rings. The minimum Gasteiger partial charge on any atom is -0.0851 e. The summed E-state index contributed by atoms with van der Waals surface area (Å²) in [6.07, 6.45) is 12.2. The number of hydrogen-bond donors (Lipinski definition) is 0. The predicted octanol–water partition coefficient (Wildman–Crippen LogP) is 3.39. The van der Waals surface area contributed by atoms with Crippen LogP contribution in [0.15, 0.2) is 12.2 Å². The molecule has 0 aromatic carbocycles. The smallest absolute Gasteiger partial charge is 0.0199 e. The van der Waals surface area contributed by atoms with E-state index in [2.05, 4.69) is 19.1 Å². The second-order valence-corrected chi connectivity index (χ2v) is 4.18. The summed E-state index contributed by atoms with van der Waals surface area (Å²) in [5, 5.41) is 0. The summed E-state index contributed by atoms with van der Waals surface area (Å²) in [5.74, 6) is 3.01. The lowest BCUT2D eigenvalue weighted by atomic mass is 9.89. The average molecular weight is 150 g/mol. The second-order valence-electron chi connectivity index (χ2n) is 4.18. The SMILES string of the molecule is CCCCC1C[C@H]2C=C[C@@H]1C2. The molecule has 0 radical (unpaired) electrons. The number of fused-ring (bicyclic) bond motifs is 2. The van der Waals surface area contributed by atoms with Gasteiger partial charge in [-0.3, -0.25) is 0 Å². The fraction of sp³-hybridized carbons (Fsp3) is 0.818. The molecule has 0 N–H and O–H groups in total. The molecule has 0 heterocycles. The molecule has 0 nitrogen and oxygen atoms in total. The largest absolute Gasteiger partial charge is 0.0851 e. The molecule has 3 atom stereocenters. The van der Waals surface area contributed by atoms with Crippen molar-refractivity contribution in [3.63, 3.8) is 0 Å². The molecule has 0 spiro atoms. The van der Waals surface area contributed by atoms with Gasteiger partial charge < -0.3 is 0 Å². The summed E-state index contributed by atoms with van der Waals surface area (Å²) in [6.45, 7) is 2.29. The molecular formula is C11H18.